The molecule has 0 N–H and O–H groups in total. The Hall–Kier alpha value is -0.660. The van der Waals surface area contributed by atoms with Crippen molar-refractivity contribution in [2.24, 2.45) is 0 Å². The summed E-state index contributed by atoms with van der Waals surface area (Å²) in [5.41, 5.74) is 0. The minimum absolute atomic E-state index is 0.626. The minimum atomic E-state index is 0.626. The van der Waals surface area contributed by atoms with Gasteiger partial charge in [-0.25, -0.2) is 0 Å². The van der Waals surface area contributed by atoms with E-state index < -0.39 is 0 Å². The van der Waals surface area contributed by atoms with Gasteiger partial charge in [0.05, 0.1) is 14.2 Å². The lowest BCUT2D eigenvalue weighted by molar-refractivity contribution is 0.0938. The van der Waals surface area contributed by atoms with Gasteiger partial charge in [-0.05, 0) is 18.9 Å². The first kappa shape index (κ1) is 10.3. The van der Waals surface area contributed by atoms with Crippen molar-refractivity contribution in [2.45, 2.75) is 32.6 Å². The average molecular weight is 158 g/mol. The van der Waals surface area contributed by atoms with E-state index in [1.807, 2.05) is 6.08 Å². The number of hydrogen-bond acceptors (Lipinski definition) is 2. The minimum Gasteiger partial charge on any atom is -0.469 e. The predicted octanol–water partition coefficient (Wildman–Crippen LogP) is 2.70. The molecule has 0 aliphatic rings. The molecule has 0 amide bonds. The average Bonchev–Trinajstić information content (AvgIpc) is 2.05. The van der Waals surface area contributed by atoms with E-state index >= 15 is 0 Å². The van der Waals surface area contributed by atoms with E-state index in [0.717, 1.165) is 6.42 Å². The van der Waals surface area contributed by atoms with Crippen LogP contribution in [0.4, 0.5) is 0 Å². The van der Waals surface area contributed by atoms with Crippen molar-refractivity contribution in [3.8, 4) is 0 Å². The maximum atomic E-state index is 4.92. The molecule has 0 spiro atoms. The van der Waals surface area contributed by atoms with Gasteiger partial charge in [-0.2, -0.15) is 0 Å². The van der Waals surface area contributed by atoms with Crippen LogP contribution in [0.1, 0.15) is 32.6 Å². The Balaban J connectivity index is 3.37. The molecule has 0 bridgehead atoms. The first-order valence-electron chi connectivity index (χ1n) is 4.13. The van der Waals surface area contributed by atoms with Gasteiger partial charge in [-0.15, -0.1) is 0 Å². The van der Waals surface area contributed by atoms with Gasteiger partial charge in [0.25, 0.3) is 5.95 Å². The van der Waals surface area contributed by atoms with Crippen molar-refractivity contribution in [2.75, 3.05) is 14.2 Å². The second-order valence-electron chi connectivity index (χ2n) is 2.43. The van der Waals surface area contributed by atoms with Crippen LogP contribution in [-0.2, 0) is 9.47 Å². The Morgan fingerprint density at radius 3 is 2.27 bits per heavy atom. The number of hydrogen-bond donors (Lipinski definition) is 0. The fourth-order valence-corrected chi connectivity index (χ4v) is 0.864. The molecule has 0 aromatic heterocycles. The Bertz CT molecular complexity index is 102. The Morgan fingerprint density at radius 1 is 1.18 bits per heavy atom. The van der Waals surface area contributed by atoms with Gasteiger partial charge in [0.15, 0.2) is 0 Å². The Kier molecular flexibility index (Phi) is 7.00. The third-order valence-corrected chi connectivity index (χ3v) is 1.52. The molecule has 0 aliphatic carbocycles. The molecule has 0 radical (unpaired) electrons. The SMILES string of the molecule is CCCCCC=C(OC)OC. The highest BCUT2D eigenvalue weighted by atomic mass is 16.7. The van der Waals surface area contributed by atoms with Crippen LogP contribution in [-0.4, -0.2) is 14.2 Å². The van der Waals surface area contributed by atoms with Crippen LogP contribution in [0.5, 0.6) is 0 Å². The first-order chi connectivity index (χ1) is 5.35. The molecule has 0 heterocycles. The largest absolute Gasteiger partial charge is 0.469 e. The van der Waals surface area contributed by atoms with Crippen LogP contribution >= 0.6 is 0 Å². The molecule has 2 nitrogen and oxygen atoms in total. The highest BCUT2D eigenvalue weighted by molar-refractivity contribution is 4.82. The van der Waals surface area contributed by atoms with E-state index in [-0.39, 0.29) is 0 Å². The Morgan fingerprint density at radius 2 is 1.82 bits per heavy atom. The molecule has 66 valence electrons. The van der Waals surface area contributed by atoms with Gasteiger partial charge in [-0.3, -0.25) is 0 Å². The molecule has 0 atom stereocenters. The zero-order valence-electron chi connectivity index (χ0n) is 7.72. The second kappa shape index (κ2) is 7.45. The zero-order chi connectivity index (χ0) is 8.53. The number of allylic oxidation sites excluding steroid dienone is 1. The molecular weight excluding hydrogens is 140 g/mol. The van der Waals surface area contributed by atoms with Crippen molar-refractivity contribution in [3.63, 3.8) is 0 Å². The molecule has 0 aliphatic heterocycles. The van der Waals surface area contributed by atoms with E-state index in [4.69, 9.17) is 9.47 Å². The number of rotatable bonds is 6. The topological polar surface area (TPSA) is 18.5 Å². The summed E-state index contributed by atoms with van der Waals surface area (Å²) in [5, 5.41) is 0. The van der Waals surface area contributed by atoms with Gasteiger partial charge in [0, 0.05) is 0 Å². The van der Waals surface area contributed by atoms with Gasteiger partial charge in [0.1, 0.15) is 0 Å². The van der Waals surface area contributed by atoms with E-state index in [9.17, 15) is 0 Å². The lowest BCUT2D eigenvalue weighted by Crippen LogP contribution is -1.88. The normalized spacial score (nSPS) is 9.00. The smallest absolute Gasteiger partial charge is 0.274 e. The standard InChI is InChI=1S/C9H18O2/c1-4-5-6-7-8-9(10-2)11-3/h8H,4-7H2,1-3H3. The van der Waals surface area contributed by atoms with E-state index in [0.29, 0.717) is 5.95 Å². The van der Waals surface area contributed by atoms with Crippen LogP contribution in [0.25, 0.3) is 0 Å². The molecule has 0 rings (SSSR count). The molecule has 2 heteroatoms. The van der Waals surface area contributed by atoms with E-state index in [1.54, 1.807) is 14.2 Å². The van der Waals surface area contributed by atoms with Gasteiger partial charge in [-0.1, -0.05) is 19.8 Å². The molecule has 0 saturated heterocycles. The lowest BCUT2D eigenvalue weighted by Gasteiger charge is -2.02. The van der Waals surface area contributed by atoms with E-state index in [2.05, 4.69) is 6.92 Å². The molecule has 0 saturated carbocycles. The second-order valence-corrected chi connectivity index (χ2v) is 2.43. The summed E-state index contributed by atoms with van der Waals surface area (Å²) in [6.07, 6.45) is 6.77. The van der Waals surface area contributed by atoms with Gasteiger partial charge < -0.3 is 9.47 Å². The molecular formula is C9H18O2. The van der Waals surface area contributed by atoms with Gasteiger partial charge >= 0.3 is 0 Å². The van der Waals surface area contributed by atoms with Crippen molar-refractivity contribution in [3.05, 3.63) is 12.0 Å². The first-order valence-corrected chi connectivity index (χ1v) is 4.13. The molecule has 0 unspecified atom stereocenters. The molecule has 0 fully saturated rings. The summed E-state index contributed by atoms with van der Waals surface area (Å²) in [6.45, 7) is 2.19. The van der Waals surface area contributed by atoms with Crippen molar-refractivity contribution in [1.29, 1.82) is 0 Å². The van der Waals surface area contributed by atoms with Crippen LogP contribution in [0.2, 0.25) is 0 Å². The molecule has 0 aromatic carbocycles. The summed E-state index contributed by atoms with van der Waals surface area (Å²) < 4.78 is 9.84. The van der Waals surface area contributed by atoms with Crippen molar-refractivity contribution >= 4 is 0 Å². The monoisotopic (exact) mass is 158 g/mol. The van der Waals surface area contributed by atoms with Crippen LogP contribution in [0.15, 0.2) is 12.0 Å². The third-order valence-electron chi connectivity index (χ3n) is 1.52. The number of methoxy groups -OCH3 is 2. The van der Waals surface area contributed by atoms with Crippen LogP contribution in [0, 0.1) is 0 Å². The summed E-state index contributed by atoms with van der Waals surface area (Å²) in [5.74, 6) is 0.626. The summed E-state index contributed by atoms with van der Waals surface area (Å²) in [6, 6.07) is 0. The van der Waals surface area contributed by atoms with Crippen LogP contribution < -0.4 is 0 Å². The number of unbranched alkanes of at least 4 members (excludes halogenated alkanes) is 3. The maximum Gasteiger partial charge on any atom is 0.274 e. The quantitative estimate of drug-likeness (QED) is 0.437. The van der Waals surface area contributed by atoms with Gasteiger partial charge in [0.2, 0.25) is 0 Å². The molecule has 11 heavy (non-hydrogen) atoms. The Labute approximate surface area is 69.2 Å². The van der Waals surface area contributed by atoms with E-state index in [1.165, 1.54) is 19.3 Å². The fourth-order valence-electron chi connectivity index (χ4n) is 0.864. The summed E-state index contributed by atoms with van der Waals surface area (Å²) in [7, 11) is 3.24. The number of ether oxygens (including phenoxy) is 2. The summed E-state index contributed by atoms with van der Waals surface area (Å²) in [4.78, 5) is 0. The molecule has 0 aromatic rings. The lowest BCUT2D eigenvalue weighted by atomic mass is 10.2. The van der Waals surface area contributed by atoms with Crippen molar-refractivity contribution < 1.29 is 9.47 Å². The highest BCUT2D eigenvalue weighted by Crippen LogP contribution is 2.03. The highest BCUT2D eigenvalue weighted by Gasteiger charge is 1.90. The van der Waals surface area contributed by atoms with Crippen LogP contribution in [0.3, 0.4) is 0 Å². The fraction of sp³-hybridized carbons (Fsp3) is 0.778. The maximum absolute atomic E-state index is 4.92. The summed E-state index contributed by atoms with van der Waals surface area (Å²) >= 11 is 0. The van der Waals surface area contributed by atoms with Crippen molar-refractivity contribution in [1.82, 2.24) is 0 Å². The third kappa shape index (κ3) is 5.77. The predicted molar refractivity (Wildman–Crippen MR) is 46.2 cm³/mol. The zero-order valence-corrected chi connectivity index (χ0v) is 7.72.